The summed E-state index contributed by atoms with van der Waals surface area (Å²) in [6.07, 6.45) is 1.12. The summed E-state index contributed by atoms with van der Waals surface area (Å²) >= 11 is 0. The van der Waals surface area contributed by atoms with Crippen molar-refractivity contribution in [2.24, 2.45) is 0 Å². The van der Waals surface area contributed by atoms with Crippen LogP contribution in [0.5, 0.6) is 0 Å². The van der Waals surface area contributed by atoms with Crippen molar-refractivity contribution in [2.75, 3.05) is 14.2 Å². The minimum atomic E-state index is -0.631. The van der Waals surface area contributed by atoms with Crippen LogP contribution in [-0.4, -0.2) is 24.1 Å². The van der Waals surface area contributed by atoms with E-state index >= 15 is 0 Å². The molecule has 0 saturated carbocycles. The van der Waals surface area contributed by atoms with Gasteiger partial charge >= 0.3 is 0 Å². The number of aryl methyl sites for hydroxylation is 2. The highest BCUT2D eigenvalue weighted by molar-refractivity contribution is 5.49. The first kappa shape index (κ1) is 18.2. The molecule has 0 unspecified atom stereocenters. The molecule has 0 bridgehead atoms. The van der Waals surface area contributed by atoms with E-state index in [4.69, 9.17) is 0 Å². The van der Waals surface area contributed by atoms with Crippen LogP contribution >= 0.6 is 0 Å². The number of methoxy groups -OCH3 is 1. The summed E-state index contributed by atoms with van der Waals surface area (Å²) < 4.78 is 4.25. The fourth-order valence-corrected chi connectivity index (χ4v) is 1.97. The monoisotopic (exact) mass is 318 g/mol. The third-order valence-corrected chi connectivity index (χ3v) is 3.00. The molecular weight excluding hydrogens is 300 g/mol. The van der Waals surface area contributed by atoms with Gasteiger partial charge in [0.05, 0.1) is 15.9 Å². The summed E-state index contributed by atoms with van der Waals surface area (Å²) in [5, 5.41) is 21.6. The molecule has 0 atom stereocenters. The number of hydrogen-bond donors (Lipinski definition) is 0. The zero-order valence-electron chi connectivity index (χ0n) is 13.0. The fourth-order valence-electron chi connectivity index (χ4n) is 1.97. The normalized spacial score (nSPS) is 9.65. The maximum Gasteiger partial charge on any atom is 0.279 e. The Kier molecular flexibility index (Phi) is 7.35. The van der Waals surface area contributed by atoms with E-state index < -0.39 is 9.85 Å². The maximum atomic E-state index is 11.0. The first-order valence-corrected chi connectivity index (χ1v) is 6.85. The quantitative estimate of drug-likeness (QED) is 0.620. The van der Waals surface area contributed by atoms with Gasteiger partial charge in [0, 0.05) is 25.8 Å². The molecular formula is C16H18N2O5. The van der Waals surface area contributed by atoms with Crippen molar-refractivity contribution in [3.05, 3.63) is 79.9 Å². The molecule has 7 nitrogen and oxygen atoms in total. The van der Waals surface area contributed by atoms with Gasteiger partial charge in [-0.15, -0.1) is 0 Å². The second-order valence-corrected chi connectivity index (χ2v) is 4.72. The predicted octanol–water partition coefficient (Wildman–Crippen LogP) is 3.55. The lowest BCUT2D eigenvalue weighted by Gasteiger charge is -2.03. The Morgan fingerprint density at radius 3 is 2.04 bits per heavy atom. The van der Waals surface area contributed by atoms with Crippen molar-refractivity contribution in [1.29, 1.82) is 0 Å². The largest absolute Gasteiger partial charge is 0.388 e. The molecule has 0 aliphatic carbocycles. The maximum absolute atomic E-state index is 11.0. The number of hydrogen-bond acceptors (Lipinski definition) is 5. The van der Waals surface area contributed by atoms with Gasteiger partial charge in [-0.3, -0.25) is 20.2 Å². The van der Waals surface area contributed by atoms with Gasteiger partial charge < -0.3 is 4.74 Å². The lowest BCUT2D eigenvalue weighted by atomic mass is 10.0. The molecule has 2 rings (SSSR count). The topological polar surface area (TPSA) is 95.5 Å². The highest BCUT2D eigenvalue weighted by Crippen LogP contribution is 2.25. The molecule has 0 aromatic heterocycles. The molecule has 2 aromatic carbocycles. The summed E-state index contributed by atoms with van der Waals surface area (Å²) in [4.78, 5) is 20.4. The second-order valence-electron chi connectivity index (χ2n) is 4.72. The molecule has 0 aliphatic rings. The van der Waals surface area contributed by atoms with Gasteiger partial charge in [-0.25, -0.2) is 0 Å². The van der Waals surface area contributed by atoms with Crippen molar-refractivity contribution in [2.45, 2.75) is 12.8 Å². The lowest BCUT2D eigenvalue weighted by Crippen LogP contribution is -1.99. The molecule has 0 amide bonds. The minimum absolute atomic E-state index is 0.199. The Hall–Kier alpha value is -2.80. The van der Waals surface area contributed by atoms with Crippen molar-refractivity contribution in [1.82, 2.24) is 0 Å². The van der Waals surface area contributed by atoms with Gasteiger partial charge in [-0.1, -0.05) is 30.3 Å². The molecule has 0 radical (unpaired) electrons. The second kappa shape index (κ2) is 9.26. The van der Waals surface area contributed by atoms with Gasteiger partial charge in [0.25, 0.3) is 11.4 Å². The summed E-state index contributed by atoms with van der Waals surface area (Å²) in [6, 6.07) is 13.4. The van der Waals surface area contributed by atoms with Crippen LogP contribution in [-0.2, 0) is 17.6 Å². The first-order chi connectivity index (χ1) is 11.0. The molecule has 2 aromatic rings. The molecule has 7 heteroatoms. The third-order valence-electron chi connectivity index (χ3n) is 3.00. The summed E-state index contributed by atoms with van der Waals surface area (Å²) in [5.74, 6) is 0. The van der Waals surface area contributed by atoms with Gasteiger partial charge in [0.2, 0.25) is 0 Å². The van der Waals surface area contributed by atoms with Crippen LogP contribution in [0, 0.1) is 20.2 Å². The third kappa shape index (κ3) is 5.84. The number of nitro groups is 2. The molecule has 0 heterocycles. The van der Waals surface area contributed by atoms with Crippen molar-refractivity contribution in [3.63, 3.8) is 0 Å². The Morgan fingerprint density at radius 1 is 0.913 bits per heavy atom. The molecule has 0 spiro atoms. The van der Waals surface area contributed by atoms with E-state index in [-0.39, 0.29) is 11.4 Å². The first-order valence-electron chi connectivity index (χ1n) is 6.85. The highest BCUT2D eigenvalue weighted by Gasteiger charge is 2.18. The van der Waals surface area contributed by atoms with E-state index in [0.717, 1.165) is 11.6 Å². The Morgan fingerprint density at radius 2 is 1.52 bits per heavy atom. The zero-order valence-corrected chi connectivity index (χ0v) is 13.0. The Labute approximate surface area is 133 Å². The van der Waals surface area contributed by atoms with Crippen LogP contribution < -0.4 is 0 Å². The Balaban J connectivity index is 0.000000816. The molecule has 0 aliphatic heterocycles. The fraction of sp³-hybridized carbons (Fsp3) is 0.250. The van der Waals surface area contributed by atoms with Crippen LogP contribution in [0.1, 0.15) is 11.1 Å². The van der Waals surface area contributed by atoms with E-state index in [1.165, 1.54) is 12.1 Å². The number of rotatable bonds is 5. The molecule has 122 valence electrons. The van der Waals surface area contributed by atoms with Crippen molar-refractivity contribution < 1.29 is 14.6 Å². The molecule has 0 saturated heterocycles. The summed E-state index contributed by atoms with van der Waals surface area (Å²) in [7, 11) is 3.25. The number of non-ortho nitro benzene ring substituents is 1. The number of ether oxygens (including phenoxy) is 1. The lowest BCUT2D eigenvalue weighted by molar-refractivity contribution is -0.394. The van der Waals surface area contributed by atoms with Crippen molar-refractivity contribution >= 4 is 11.4 Å². The van der Waals surface area contributed by atoms with E-state index in [9.17, 15) is 20.2 Å². The molecule has 0 fully saturated rings. The zero-order chi connectivity index (χ0) is 17.2. The van der Waals surface area contributed by atoms with Crippen LogP contribution in [0.4, 0.5) is 11.4 Å². The van der Waals surface area contributed by atoms with Crippen LogP contribution in [0.3, 0.4) is 0 Å². The van der Waals surface area contributed by atoms with E-state index in [2.05, 4.69) is 4.74 Å². The average molecular weight is 318 g/mol. The predicted molar refractivity (Wildman–Crippen MR) is 86.5 cm³/mol. The van der Waals surface area contributed by atoms with Crippen molar-refractivity contribution in [3.8, 4) is 0 Å². The SMILES string of the molecule is COC.O=[N+]([O-])c1ccc(CCc2ccccc2)c([N+](=O)[O-])c1. The van der Waals surface area contributed by atoms with E-state index in [1.54, 1.807) is 14.2 Å². The van der Waals surface area contributed by atoms with E-state index in [1.807, 2.05) is 30.3 Å². The molecule has 23 heavy (non-hydrogen) atoms. The summed E-state index contributed by atoms with van der Waals surface area (Å²) in [5.41, 5.74) is 1.11. The van der Waals surface area contributed by atoms with Gasteiger partial charge in [0.15, 0.2) is 0 Å². The molecule has 0 N–H and O–H groups in total. The Bertz CT molecular complexity index is 659. The van der Waals surface area contributed by atoms with Gasteiger partial charge in [-0.05, 0) is 24.5 Å². The van der Waals surface area contributed by atoms with Gasteiger partial charge in [-0.2, -0.15) is 0 Å². The smallest absolute Gasteiger partial charge is 0.279 e. The van der Waals surface area contributed by atoms with Crippen LogP contribution in [0.2, 0.25) is 0 Å². The number of nitro benzene ring substituents is 2. The number of benzene rings is 2. The highest BCUT2D eigenvalue weighted by atomic mass is 16.6. The average Bonchev–Trinajstić information content (AvgIpc) is 2.54. The minimum Gasteiger partial charge on any atom is -0.388 e. The summed E-state index contributed by atoms with van der Waals surface area (Å²) in [6.45, 7) is 0. The van der Waals surface area contributed by atoms with Gasteiger partial charge in [0.1, 0.15) is 0 Å². The van der Waals surface area contributed by atoms with Crippen LogP contribution in [0.25, 0.3) is 0 Å². The standard InChI is InChI=1S/C14H12N2O4.C2H6O/c17-15(18)13-9-8-12(14(10-13)16(19)20)7-6-11-4-2-1-3-5-11;1-3-2/h1-5,8-10H,6-7H2;1-2H3. The number of nitrogens with zero attached hydrogens (tertiary/aromatic N) is 2. The van der Waals surface area contributed by atoms with Crippen LogP contribution in [0.15, 0.2) is 48.5 Å². The van der Waals surface area contributed by atoms with E-state index in [0.29, 0.717) is 18.4 Å².